The maximum atomic E-state index is 12.6. The van der Waals surface area contributed by atoms with Crippen molar-refractivity contribution in [2.45, 2.75) is 26.3 Å². The van der Waals surface area contributed by atoms with Crippen molar-refractivity contribution in [2.24, 2.45) is 0 Å². The predicted octanol–water partition coefficient (Wildman–Crippen LogP) is 2.44. The predicted molar refractivity (Wildman–Crippen MR) is 124 cm³/mol. The lowest BCUT2D eigenvalue weighted by atomic mass is 10.1. The SMILES string of the molecule is Cc1ccccc1CC(=O)N1CCN(C(=O)NCCC(=O)N(C)Cc2ccccc2)CC1. The van der Waals surface area contributed by atoms with Gasteiger partial charge in [0.15, 0.2) is 0 Å². The maximum absolute atomic E-state index is 12.6. The molecule has 7 heteroatoms. The van der Waals surface area contributed by atoms with E-state index in [0.717, 1.165) is 16.7 Å². The number of rotatable bonds is 7. The standard InChI is InChI=1S/C25H32N4O3/c1-20-8-6-7-11-22(20)18-24(31)28-14-16-29(17-15-28)25(32)26-13-12-23(30)27(2)19-21-9-4-3-5-10-21/h3-11H,12-19H2,1-2H3,(H,26,32). The highest BCUT2D eigenvalue weighted by atomic mass is 16.2. The lowest BCUT2D eigenvalue weighted by Crippen LogP contribution is -2.53. The molecule has 7 nitrogen and oxygen atoms in total. The van der Waals surface area contributed by atoms with Gasteiger partial charge in [0.25, 0.3) is 0 Å². The van der Waals surface area contributed by atoms with Crippen LogP contribution in [0.15, 0.2) is 54.6 Å². The Kier molecular flexibility index (Phi) is 8.25. The van der Waals surface area contributed by atoms with Gasteiger partial charge in [-0.25, -0.2) is 4.79 Å². The summed E-state index contributed by atoms with van der Waals surface area (Å²) in [6.45, 7) is 4.89. The molecule has 2 aromatic rings. The fraction of sp³-hybridized carbons (Fsp3) is 0.400. The fourth-order valence-corrected chi connectivity index (χ4v) is 3.77. The molecule has 1 saturated heterocycles. The zero-order valence-electron chi connectivity index (χ0n) is 18.9. The van der Waals surface area contributed by atoms with Crippen molar-refractivity contribution < 1.29 is 14.4 Å². The van der Waals surface area contributed by atoms with Gasteiger partial charge in [-0.3, -0.25) is 9.59 Å². The van der Waals surface area contributed by atoms with Crippen LogP contribution in [0.3, 0.4) is 0 Å². The second kappa shape index (κ2) is 11.3. The normalized spacial score (nSPS) is 13.6. The Hall–Kier alpha value is -3.35. The molecule has 0 bridgehead atoms. The van der Waals surface area contributed by atoms with E-state index in [1.54, 1.807) is 16.8 Å². The lowest BCUT2D eigenvalue weighted by molar-refractivity contribution is -0.132. The van der Waals surface area contributed by atoms with Crippen LogP contribution in [-0.4, -0.2) is 72.3 Å². The van der Waals surface area contributed by atoms with Gasteiger partial charge in [0.2, 0.25) is 11.8 Å². The first-order valence-electron chi connectivity index (χ1n) is 11.1. The van der Waals surface area contributed by atoms with Gasteiger partial charge in [-0.2, -0.15) is 0 Å². The molecular weight excluding hydrogens is 404 g/mol. The van der Waals surface area contributed by atoms with Gasteiger partial charge < -0.3 is 20.0 Å². The monoisotopic (exact) mass is 436 g/mol. The average molecular weight is 437 g/mol. The summed E-state index contributed by atoms with van der Waals surface area (Å²) in [7, 11) is 1.77. The van der Waals surface area contributed by atoms with Crippen molar-refractivity contribution in [1.29, 1.82) is 0 Å². The van der Waals surface area contributed by atoms with Crippen molar-refractivity contribution in [3.05, 3.63) is 71.3 Å². The van der Waals surface area contributed by atoms with Gasteiger partial charge in [-0.15, -0.1) is 0 Å². The summed E-state index contributed by atoms with van der Waals surface area (Å²) in [5.74, 6) is 0.0761. The number of carbonyl (C=O) groups is 3. The number of nitrogens with one attached hydrogen (secondary N) is 1. The zero-order valence-corrected chi connectivity index (χ0v) is 18.9. The average Bonchev–Trinajstić information content (AvgIpc) is 2.81. The molecule has 1 N–H and O–H groups in total. The molecule has 4 amide bonds. The molecule has 1 fully saturated rings. The second-order valence-electron chi connectivity index (χ2n) is 8.19. The van der Waals surface area contributed by atoms with Crippen LogP contribution in [0, 0.1) is 6.92 Å². The van der Waals surface area contributed by atoms with Crippen LogP contribution >= 0.6 is 0 Å². The number of carbonyl (C=O) groups excluding carboxylic acids is 3. The minimum Gasteiger partial charge on any atom is -0.341 e. The van der Waals surface area contributed by atoms with Crippen LogP contribution in [0.4, 0.5) is 4.79 Å². The summed E-state index contributed by atoms with van der Waals surface area (Å²) in [5, 5.41) is 2.83. The molecule has 3 rings (SSSR count). The molecule has 0 saturated carbocycles. The number of urea groups is 1. The Morgan fingerprint density at radius 1 is 0.906 bits per heavy atom. The third-order valence-electron chi connectivity index (χ3n) is 5.83. The first-order valence-corrected chi connectivity index (χ1v) is 11.1. The van der Waals surface area contributed by atoms with Gasteiger partial charge in [-0.05, 0) is 23.6 Å². The number of nitrogens with zero attached hydrogens (tertiary/aromatic N) is 3. The maximum Gasteiger partial charge on any atom is 0.317 e. The van der Waals surface area contributed by atoms with E-state index in [9.17, 15) is 14.4 Å². The molecule has 0 atom stereocenters. The third-order valence-corrected chi connectivity index (χ3v) is 5.83. The lowest BCUT2D eigenvalue weighted by Gasteiger charge is -2.35. The first-order chi connectivity index (χ1) is 15.4. The summed E-state index contributed by atoms with van der Waals surface area (Å²) in [5.41, 5.74) is 3.23. The molecule has 2 aromatic carbocycles. The molecule has 0 aromatic heterocycles. The Morgan fingerprint density at radius 3 is 2.22 bits per heavy atom. The van der Waals surface area contributed by atoms with Crippen molar-refractivity contribution in [3.8, 4) is 0 Å². The van der Waals surface area contributed by atoms with E-state index in [2.05, 4.69) is 5.32 Å². The summed E-state index contributed by atoms with van der Waals surface area (Å²) < 4.78 is 0. The molecule has 1 aliphatic heterocycles. The molecule has 1 heterocycles. The van der Waals surface area contributed by atoms with E-state index in [-0.39, 0.29) is 24.3 Å². The number of piperazine rings is 1. The van der Waals surface area contributed by atoms with Crippen LogP contribution in [0.25, 0.3) is 0 Å². The molecule has 170 valence electrons. The van der Waals surface area contributed by atoms with Gasteiger partial charge in [-0.1, -0.05) is 54.6 Å². The Bertz CT molecular complexity index is 924. The summed E-state index contributed by atoms with van der Waals surface area (Å²) in [6.07, 6.45) is 0.640. The first kappa shape index (κ1) is 23.3. The Morgan fingerprint density at radius 2 is 1.53 bits per heavy atom. The van der Waals surface area contributed by atoms with Crippen LogP contribution in [0.1, 0.15) is 23.1 Å². The molecule has 0 aliphatic carbocycles. The van der Waals surface area contributed by atoms with Gasteiger partial charge >= 0.3 is 6.03 Å². The third kappa shape index (κ3) is 6.57. The van der Waals surface area contributed by atoms with E-state index in [4.69, 9.17) is 0 Å². The van der Waals surface area contributed by atoms with E-state index in [0.29, 0.717) is 45.7 Å². The Balaban J connectivity index is 1.36. The van der Waals surface area contributed by atoms with Crippen LogP contribution < -0.4 is 5.32 Å². The van der Waals surface area contributed by atoms with Gasteiger partial charge in [0.05, 0.1) is 6.42 Å². The summed E-state index contributed by atoms with van der Waals surface area (Å²) in [6, 6.07) is 17.5. The highest BCUT2D eigenvalue weighted by Gasteiger charge is 2.24. The summed E-state index contributed by atoms with van der Waals surface area (Å²) >= 11 is 0. The molecule has 1 aliphatic rings. The summed E-state index contributed by atoms with van der Waals surface area (Å²) in [4.78, 5) is 42.5. The zero-order chi connectivity index (χ0) is 22.9. The number of hydrogen-bond acceptors (Lipinski definition) is 3. The highest BCUT2D eigenvalue weighted by molar-refractivity contribution is 5.80. The van der Waals surface area contributed by atoms with Crippen LogP contribution in [0.5, 0.6) is 0 Å². The number of aryl methyl sites for hydroxylation is 1. The molecule has 0 unspecified atom stereocenters. The smallest absolute Gasteiger partial charge is 0.317 e. The van der Waals surface area contributed by atoms with Crippen LogP contribution in [0.2, 0.25) is 0 Å². The highest BCUT2D eigenvalue weighted by Crippen LogP contribution is 2.11. The molecule has 32 heavy (non-hydrogen) atoms. The fourth-order valence-electron chi connectivity index (χ4n) is 3.77. The van der Waals surface area contributed by atoms with Crippen molar-refractivity contribution in [3.63, 3.8) is 0 Å². The van der Waals surface area contributed by atoms with E-state index < -0.39 is 0 Å². The van der Waals surface area contributed by atoms with E-state index in [1.165, 1.54) is 0 Å². The van der Waals surface area contributed by atoms with Gasteiger partial charge in [0.1, 0.15) is 0 Å². The minimum absolute atomic E-state index is 0.0132. The van der Waals surface area contributed by atoms with Gasteiger partial charge in [0, 0.05) is 52.7 Å². The molecule has 0 radical (unpaired) electrons. The van der Waals surface area contributed by atoms with Crippen LogP contribution in [-0.2, 0) is 22.6 Å². The van der Waals surface area contributed by atoms with Crippen molar-refractivity contribution in [1.82, 2.24) is 20.0 Å². The van der Waals surface area contributed by atoms with Crippen molar-refractivity contribution in [2.75, 3.05) is 39.8 Å². The number of amides is 4. The topological polar surface area (TPSA) is 73.0 Å². The van der Waals surface area contributed by atoms with Crippen molar-refractivity contribution >= 4 is 17.8 Å². The Labute approximate surface area is 190 Å². The quantitative estimate of drug-likeness (QED) is 0.725. The minimum atomic E-state index is -0.186. The number of hydrogen-bond donors (Lipinski definition) is 1. The largest absolute Gasteiger partial charge is 0.341 e. The van der Waals surface area contributed by atoms with E-state index >= 15 is 0 Å². The second-order valence-corrected chi connectivity index (χ2v) is 8.19. The van der Waals surface area contributed by atoms with E-state index in [1.807, 2.05) is 66.4 Å². The molecular formula is C25H32N4O3. The number of benzene rings is 2. The molecule has 0 spiro atoms.